The van der Waals surface area contributed by atoms with E-state index in [0.29, 0.717) is 12.1 Å². The number of carbonyl (C=O) groups excluding carboxylic acids is 1. The van der Waals surface area contributed by atoms with Crippen LogP contribution in [0.5, 0.6) is 0 Å². The third-order valence-electron chi connectivity index (χ3n) is 2.90. The second-order valence-corrected chi connectivity index (χ2v) is 4.30. The van der Waals surface area contributed by atoms with Gasteiger partial charge in [0.05, 0.1) is 0 Å². The summed E-state index contributed by atoms with van der Waals surface area (Å²) < 4.78 is 2.06. The summed E-state index contributed by atoms with van der Waals surface area (Å²) in [4.78, 5) is 15.9. The van der Waals surface area contributed by atoms with Gasteiger partial charge in [-0.3, -0.25) is 4.79 Å². The Morgan fingerprint density at radius 1 is 1.42 bits per heavy atom. The number of nitrogens with one attached hydrogen (secondary N) is 1. The molecule has 0 bridgehead atoms. The van der Waals surface area contributed by atoms with Crippen LogP contribution in [-0.2, 0) is 6.54 Å². The average molecular weight is 255 g/mol. The van der Waals surface area contributed by atoms with Gasteiger partial charge in [0.15, 0.2) is 0 Å². The van der Waals surface area contributed by atoms with E-state index < -0.39 is 0 Å². The monoisotopic (exact) mass is 255 g/mol. The van der Waals surface area contributed by atoms with Crippen LogP contribution in [0.4, 0.5) is 0 Å². The fourth-order valence-corrected chi connectivity index (χ4v) is 1.80. The molecule has 0 aliphatic rings. The maximum atomic E-state index is 11.7. The van der Waals surface area contributed by atoms with E-state index in [1.165, 1.54) is 0 Å². The highest BCUT2D eigenvalue weighted by Gasteiger charge is 2.04. The number of rotatable bonds is 5. The molecule has 0 saturated heterocycles. The molecule has 0 fully saturated rings. The number of hydrogen-bond acceptors (Lipinski definition) is 2. The van der Waals surface area contributed by atoms with Crippen molar-refractivity contribution in [3.63, 3.8) is 0 Å². The first-order valence-corrected chi connectivity index (χ1v) is 6.16. The van der Waals surface area contributed by atoms with E-state index in [-0.39, 0.29) is 5.91 Å². The van der Waals surface area contributed by atoms with E-state index >= 15 is 0 Å². The second kappa shape index (κ2) is 6.00. The molecule has 1 aromatic heterocycles. The van der Waals surface area contributed by atoms with Crippen LogP contribution in [0.1, 0.15) is 21.7 Å². The van der Waals surface area contributed by atoms with Crippen molar-refractivity contribution in [1.29, 1.82) is 0 Å². The van der Waals surface area contributed by atoms with Crippen LogP contribution in [0.15, 0.2) is 49.3 Å². The molecular weight excluding hydrogens is 238 g/mol. The molecule has 4 nitrogen and oxygen atoms in total. The lowest BCUT2D eigenvalue weighted by Gasteiger charge is -2.07. The van der Waals surface area contributed by atoms with E-state index in [1.807, 2.05) is 37.4 Å². The van der Waals surface area contributed by atoms with Gasteiger partial charge in [0.25, 0.3) is 5.91 Å². The molecule has 4 heteroatoms. The van der Waals surface area contributed by atoms with Crippen LogP contribution in [0, 0.1) is 6.92 Å². The molecule has 0 atom stereocenters. The number of amides is 1. The van der Waals surface area contributed by atoms with Crippen molar-refractivity contribution in [2.45, 2.75) is 13.5 Å². The van der Waals surface area contributed by atoms with Crippen molar-refractivity contribution in [3.8, 4) is 0 Å². The van der Waals surface area contributed by atoms with Gasteiger partial charge in [-0.05, 0) is 24.6 Å². The Morgan fingerprint density at radius 3 is 2.74 bits per heavy atom. The van der Waals surface area contributed by atoms with Gasteiger partial charge in [0, 0.05) is 31.0 Å². The SMILES string of the molecule is C=CCNC(=O)c1ccc(Cn2ccnc2C)cc1. The van der Waals surface area contributed by atoms with Gasteiger partial charge in [-0.25, -0.2) is 4.98 Å². The number of imidazole rings is 1. The molecule has 19 heavy (non-hydrogen) atoms. The first kappa shape index (κ1) is 13.1. The molecule has 0 spiro atoms. The van der Waals surface area contributed by atoms with E-state index in [9.17, 15) is 4.79 Å². The van der Waals surface area contributed by atoms with Gasteiger partial charge in [-0.1, -0.05) is 18.2 Å². The zero-order valence-corrected chi connectivity index (χ0v) is 11.0. The maximum absolute atomic E-state index is 11.7. The highest BCUT2D eigenvalue weighted by Crippen LogP contribution is 2.08. The largest absolute Gasteiger partial charge is 0.349 e. The summed E-state index contributed by atoms with van der Waals surface area (Å²) in [5.41, 5.74) is 1.80. The minimum Gasteiger partial charge on any atom is -0.349 e. The lowest BCUT2D eigenvalue weighted by atomic mass is 10.1. The topological polar surface area (TPSA) is 46.9 Å². The lowest BCUT2D eigenvalue weighted by molar-refractivity contribution is 0.0958. The Kier molecular flexibility index (Phi) is 4.13. The molecule has 0 saturated carbocycles. The Bertz CT molecular complexity index is 569. The van der Waals surface area contributed by atoms with Crippen molar-refractivity contribution in [2.24, 2.45) is 0 Å². The summed E-state index contributed by atoms with van der Waals surface area (Å²) in [6, 6.07) is 7.59. The highest BCUT2D eigenvalue weighted by molar-refractivity contribution is 5.94. The number of aryl methyl sites for hydroxylation is 1. The van der Waals surface area contributed by atoms with Crippen LogP contribution in [-0.4, -0.2) is 22.0 Å². The fourth-order valence-electron chi connectivity index (χ4n) is 1.80. The summed E-state index contributed by atoms with van der Waals surface area (Å²) in [5.74, 6) is 0.901. The second-order valence-electron chi connectivity index (χ2n) is 4.30. The molecule has 98 valence electrons. The zero-order chi connectivity index (χ0) is 13.7. The molecular formula is C15H17N3O. The highest BCUT2D eigenvalue weighted by atomic mass is 16.1. The van der Waals surface area contributed by atoms with Gasteiger partial charge in [0.2, 0.25) is 0 Å². The van der Waals surface area contributed by atoms with Crippen molar-refractivity contribution in [2.75, 3.05) is 6.54 Å². The van der Waals surface area contributed by atoms with Crippen molar-refractivity contribution < 1.29 is 4.79 Å². The first-order valence-electron chi connectivity index (χ1n) is 6.16. The number of carbonyl (C=O) groups is 1. The van der Waals surface area contributed by atoms with Gasteiger partial charge < -0.3 is 9.88 Å². The molecule has 2 rings (SSSR count). The van der Waals surface area contributed by atoms with E-state index in [1.54, 1.807) is 12.3 Å². The number of hydrogen-bond donors (Lipinski definition) is 1. The smallest absolute Gasteiger partial charge is 0.251 e. The molecule has 1 heterocycles. The quantitative estimate of drug-likeness (QED) is 0.832. The summed E-state index contributed by atoms with van der Waals surface area (Å²) in [7, 11) is 0. The molecule has 0 unspecified atom stereocenters. The molecule has 0 aliphatic carbocycles. The molecule has 1 amide bonds. The molecule has 0 aliphatic heterocycles. The third kappa shape index (κ3) is 3.31. The van der Waals surface area contributed by atoms with Gasteiger partial charge >= 0.3 is 0 Å². The predicted octanol–water partition coefficient (Wildman–Crippen LogP) is 2.16. The number of nitrogens with zero attached hydrogens (tertiary/aromatic N) is 2. The zero-order valence-electron chi connectivity index (χ0n) is 11.0. The van der Waals surface area contributed by atoms with Crippen molar-refractivity contribution in [1.82, 2.24) is 14.9 Å². The fraction of sp³-hybridized carbons (Fsp3) is 0.200. The normalized spacial score (nSPS) is 10.2. The van der Waals surface area contributed by atoms with E-state index in [2.05, 4.69) is 21.4 Å². The third-order valence-corrected chi connectivity index (χ3v) is 2.90. The minimum absolute atomic E-state index is 0.0785. The Morgan fingerprint density at radius 2 is 2.16 bits per heavy atom. The molecule has 2 aromatic rings. The summed E-state index contributed by atoms with van der Waals surface area (Å²) in [6.07, 6.45) is 5.39. The Hall–Kier alpha value is -2.36. The number of aromatic nitrogens is 2. The average Bonchev–Trinajstić information content (AvgIpc) is 2.82. The molecule has 0 radical (unpaired) electrons. The molecule has 1 N–H and O–H groups in total. The van der Waals surface area contributed by atoms with Crippen LogP contribution < -0.4 is 5.32 Å². The lowest BCUT2D eigenvalue weighted by Crippen LogP contribution is -2.23. The predicted molar refractivity (Wildman–Crippen MR) is 75.0 cm³/mol. The minimum atomic E-state index is -0.0785. The number of benzene rings is 1. The van der Waals surface area contributed by atoms with Crippen LogP contribution in [0.25, 0.3) is 0 Å². The Labute approximate surface area is 112 Å². The van der Waals surface area contributed by atoms with Gasteiger partial charge in [-0.15, -0.1) is 6.58 Å². The van der Waals surface area contributed by atoms with Crippen LogP contribution in [0.2, 0.25) is 0 Å². The summed E-state index contributed by atoms with van der Waals surface area (Å²) in [5, 5.41) is 2.75. The van der Waals surface area contributed by atoms with E-state index in [0.717, 1.165) is 17.9 Å². The van der Waals surface area contributed by atoms with Crippen LogP contribution >= 0.6 is 0 Å². The summed E-state index contributed by atoms with van der Waals surface area (Å²) in [6.45, 7) is 6.78. The van der Waals surface area contributed by atoms with Gasteiger partial charge in [0.1, 0.15) is 5.82 Å². The molecule has 1 aromatic carbocycles. The van der Waals surface area contributed by atoms with Gasteiger partial charge in [-0.2, -0.15) is 0 Å². The van der Waals surface area contributed by atoms with Crippen molar-refractivity contribution in [3.05, 3.63) is 66.3 Å². The maximum Gasteiger partial charge on any atom is 0.251 e. The Balaban J connectivity index is 2.04. The standard InChI is InChI=1S/C15H17N3O/c1-3-8-17-15(19)14-6-4-13(5-7-14)11-18-10-9-16-12(18)2/h3-7,9-10H,1,8,11H2,2H3,(H,17,19). The summed E-state index contributed by atoms with van der Waals surface area (Å²) >= 11 is 0. The van der Waals surface area contributed by atoms with E-state index in [4.69, 9.17) is 0 Å². The first-order chi connectivity index (χ1) is 9.20. The van der Waals surface area contributed by atoms with Crippen LogP contribution in [0.3, 0.4) is 0 Å². The van der Waals surface area contributed by atoms with Crippen molar-refractivity contribution >= 4 is 5.91 Å².